The van der Waals surface area contributed by atoms with Gasteiger partial charge in [-0.05, 0) is 30.7 Å². The second kappa shape index (κ2) is 6.13. The molecule has 0 fully saturated rings. The Morgan fingerprint density at radius 2 is 2.14 bits per heavy atom. The van der Waals surface area contributed by atoms with Gasteiger partial charge in [-0.15, -0.1) is 0 Å². The Morgan fingerprint density at radius 1 is 1.48 bits per heavy atom. The molecule has 0 heterocycles. The summed E-state index contributed by atoms with van der Waals surface area (Å²) in [5.74, 6) is -0.680. The maximum Gasteiger partial charge on any atom is 0.251 e. The van der Waals surface area contributed by atoms with E-state index in [1.165, 1.54) is 6.08 Å². The van der Waals surface area contributed by atoms with E-state index in [1.807, 2.05) is 6.07 Å². The molecule has 1 aliphatic rings. The fraction of sp³-hybridized carbons (Fsp3) is 0.250. The summed E-state index contributed by atoms with van der Waals surface area (Å²) in [6.45, 7) is 1.74. The first-order valence-corrected chi connectivity index (χ1v) is 6.89. The van der Waals surface area contributed by atoms with Crippen molar-refractivity contribution in [1.29, 1.82) is 5.26 Å². The van der Waals surface area contributed by atoms with Crippen LogP contribution in [-0.4, -0.2) is 22.1 Å². The number of carbonyl (C=O) groups is 1. The van der Waals surface area contributed by atoms with Gasteiger partial charge in [0.15, 0.2) is 5.06 Å². The molecule has 1 aromatic rings. The van der Waals surface area contributed by atoms with E-state index in [-0.39, 0.29) is 11.8 Å². The molecule has 108 valence electrons. The van der Waals surface area contributed by atoms with E-state index in [1.54, 1.807) is 43.3 Å². The maximum atomic E-state index is 12.1. The van der Waals surface area contributed by atoms with Crippen LogP contribution in [0.4, 0.5) is 0 Å². The summed E-state index contributed by atoms with van der Waals surface area (Å²) < 4.78 is 0. The number of halogens is 1. The highest BCUT2D eigenvalue weighted by atomic mass is 35.5. The van der Waals surface area contributed by atoms with Gasteiger partial charge in [0, 0.05) is 5.56 Å². The lowest BCUT2D eigenvalue weighted by Crippen LogP contribution is -2.48. The molecule has 5 heteroatoms. The third kappa shape index (κ3) is 3.52. The SMILES string of the molecule is CC(C#N)C1=CC(NC(=O)c2ccccc2)C(O)(Cl)C=C1. The van der Waals surface area contributed by atoms with E-state index >= 15 is 0 Å². The number of carbonyl (C=O) groups excluding carboxylic acids is 1. The minimum Gasteiger partial charge on any atom is -0.369 e. The van der Waals surface area contributed by atoms with Crippen molar-refractivity contribution in [3.8, 4) is 6.07 Å². The van der Waals surface area contributed by atoms with Gasteiger partial charge in [-0.3, -0.25) is 4.79 Å². The molecule has 0 aliphatic heterocycles. The number of hydrogen-bond donors (Lipinski definition) is 2. The zero-order valence-electron chi connectivity index (χ0n) is 11.5. The number of rotatable bonds is 3. The predicted molar refractivity (Wildman–Crippen MR) is 80.5 cm³/mol. The number of nitrogens with one attached hydrogen (secondary N) is 1. The zero-order valence-corrected chi connectivity index (χ0v) is 12.2. The third-order valence-electron chi connectivity index (χ3n) is 3.32. The highest BCUT2D eigenvalue weighted by molar-refractivity contribution is 6.25. The second-order valence-corrected chi connectivity index (χ2v) is 5.50. The van der Waals surface area contributed by atoms with Crippen molar-refractivity contribution in [2.75, 3.05) is 0 Å². The molecule has 4 nitrogen and oxygen atoms in total. The van der Waals surface area contributed by atoms with Gasteiger partial charge in [0.05, 0.1) is 18.0 Å². The number of hydrogen-bond acceptors (Lipinski definition) is 3. The van der Waals surface area contributed by atoms with Gasteiger partial charge in [-0.2, -0.15) is 5.26 Å². The van der Waals surface area contributed by atoms with Crippen molar-refractivity contribution < 1.29 is 9.90 Å². The first-order valence-electron chi connectivity index (χ1n) is 6.52. The molecule has 0 radical (unpaired) electrons. The molecule has 2 rings (SSSR count). The van der Waals surface area contributed by atoms with Crippen LogP contribution in [0.1, 0.15) is 17.3 Å². The van der Waals surface area contributed by atoms with Crippen molar-refractivity contribution in [3.05, 3.63) is 59.7 Å². The summed E-state index contributed by atoms with van der Waals surface area (Å²) in [6.07, 6.45) is 4.60. The summed E-state index contributed by atoms with van der Waals surface area (Å²) in [6, 6.07) is 9.96. The molecule has 21 heavy (non-hydrogen) atoms. The van der Waals surface area contributed by atoms with E-state index in [0.29, 0.717) is 11.1 Å². The zero-order chi connectivity index (χ0) is 15.5. The maximum absolute atomic E-state index is 12.1. The number of alkyl halides is 1. The molecule has 1 aromatic carbocycles. The lowest BCUT2D eigenvalue weighted by Gasteiger charge is -2.30. The Bertz CT molecular complexity index is 629. The summed E-state index contributed by atoms with van der Waals surface area (Å²) in [5.41, 5.74) is 1.18. The molecule has 2 N–H and O–H groups in total. The number of nitrogens with zero attached hydrogens (tertiary/aromatic N) is 1. The third-order valence-corrected chi connectivity index (χ3v) is 3.68. The van der Waals surface area contributed by atoms with Gasteiger partial charge < -0.3 is 10.4 Å². The summed E-state index contributed by atoms with van der Waals surface area (Å²) >= 11 is 6.01. The first-order chi connectivity index (χ1) is 9.94. The molecule has 3 unspecified atom stereocenters. The smallest absolute Gasteiger partial charge is 0.251 e. The first kappa shape index (κ1) is 15.3. The van der Waals surface area contributed by atoms with E-state index in [2.05, 4.69) is 11.4 Å². The largest absolute Gasteiger partial charge is 0.369 e. The quantitative estimate of drug-likeness (QED) is 0.842. The van der Waals surface area contributed by atoms with Crippen LogP contribution < -0.4 is 5.32 Å². The van der Waals surface area contributed by atoms with Crippen LogP contribution in [0.15, 0.2) is 54.1 Å². The molecule has 0 saturated heterocycles. The average Bonchev–Trinajstić information content (AvgIpc) is 2.49. The number of aliphatic hydroxyl groups is 1. The molecule has 0 spiro atoms. The molecular weight excluding hydrogens is 288 g/mol. The fourth-order valence-electron chi connectivity index (χ4n) is 2.00. The van der Waals surface area contributed by atoms with Crippen LogP contribution in [0.25, 0.3) is 0 Å². The van der Waals surface area contributed by atoms with E-state index < -0.39 is 11.1 Å². The van der Waals surface area contributed by atoms with Crippen molar-refractivity contribution in [1.82, 2.24) is 5.32 Å². The summed E-state index contributed by atoms with van der Waals surface area (Å²) in [5, 5.41) is 20.1. The predicted octanol–water partition coefficient (Wildman–Crippen LogP) is 2.37. The highest BCUT2D eigenvalue weighted by Crippen LogP contribution is 2.28. The number of nitriles is 1. The molecule has 1 amide bonds. The van der Waals surface area contributed by atoms with Crippen LogP contribution in [0, 0.1) is 17.2 Å². The van der Waals surface area contributed by atoms with Crippen LogP contribution in [0.2, 0.25) is 0 Å². The van der Waals surface area contributed by atoms with Gasteiger partial charge >= 0.3 is 0 Å². The fourth-order valence-corrected chi connectivity index (χ4v) is 2.18. The van der Waals surface area contributed by atoms with Gasteiger partial charge in [-0.25, -0.2) is 0 Å². The Hall–Kier alpha value is -2.09. The summed E-state index contributed by atoms with van der Waals surface area (Å²) in [7, 11) is 0. The minimum absolute atomic E-state index is 0.338. The number of amides is 1. The monoisotopic (exact) mass is 302 g/mol. The Kier molecular flexibility index (Phi) is 4.46. The van der Waals surface area contributed by atoms with Crippen molar-refractivity contribution in [3.63, 3.8) is 0 Å². The molecule has 0 bridgehead atoms. The van der Waals surface area contributed by atoms with E-state index in [9.17, 15) is 9.90 Å². The lowest BCUT2D eigenvalue weighted by atomic mass is 9.92. The number of allylic oxidation sites excluding steroid dienone is 2. The topological polar surface area (TPSA) is 73.1 Å². The molecule has 3 atom stereocenters. The second-order valence-electron chi connectivity index (χ2n) is 4.90. The Labute approximate surface area is 128 Å². The standard InChI is InChI=1S/C16H15ClN2O2/c1-11(10-18)13-7-8-16(17,21)14(9-13)19-15(20)12-5-3-2-4-6-12/h2-9,11,14,21H,1H3,(H,19,20). The van der Waals surface area contributed by atoms with Crippen LogP contribution in [0.5, 0.6) is 0 Å². The minimum atomic E-state index is -1.71. The normalized spacial score (nSPS) is 25.6. The van der Waals surface area contributed by atoms with E-state index in [4.69, 9.17) is 16.9 Å². The van der Waals surface area contributed by atoms with Gasteiger partial charge in [0.25, 0.3) is 5.91 Å². The molecule has 0 aromatic heterocycles. The van der Waals surface area contributed by atoms with Crippen molar-refractivity contribution in [2.45, 2.75) is 18.0 Å². The van der Waals surface area contributed by atoms with Gasteiger partial charge in [0.2, 0.25) is 0 Å². The van der Waals surface area contributed by atoms with Crippen LogP contribution in [-0.2, 0) is 0 Å². The van der Waals surface area contributed by atoms with Gasteiger partial charge in [0.1, 0.15) is 0 Å². The summed E-state index contributed by atoms with van der Waals surface area (Å²) in [4.78, 5) is 12.1. The molecule has 1 aliphatic carbocycles. The Balaban J connectivity index is 2.21. The Morgan fingerprint density at radius 3 is 2.76 bits per heavy atom. The van der Waals surface area contributed by atoms with Gasteiger partial charge in [-0.1, -0.05) is 42.0 Å². The van der Waals surface area contributed by atoms with Crippen LogP contribution in [0.3, 0.4) is 0 Å². The number of benzene rings is 1. The van der Waals surface area contributed by atoms with Crippen molar-refractivity contribution >= 4 is 17.5 Å². The average molecular weight is 303 g/mol. The lowest BCUT2D eigenvalue weighted by molar-refractivity contribution is 0.0873. The van der Waals surface area contributed by atoms with Crippen molar-refractivity contribution in [2.24, 2.45) is 5.92 Å². The molecular formula is C16H15ClN2O2. The highest BCUT2D eigenvalue weighted by Gasteiger charge is 2.35. The van der Waals surface area contributed by atoms with Crippen LogP contribution >= 0.6 is 11.6 Å². The molecule has 0 saturated carbocycles. The van der Waals surface area contributed by atoms with E-state index in [0.717, 1.165) is 0 Å².